The molecule has 0 unspecified atom stereocenters. The van der Waals surface area contributed by atoms with Crippen molar-refractivity contribution in [2.24, 2.45) is 0 Å². The molecule has 1 N–H and O–H groups in total. The molecule has 1 aromatic rings. The second-order valence-corrected chi connectivity index (χ2v) is 4.76. The molecule has 0 radical (unpaired) electrons. The standard InChI is InChI=1S/C7H6Cl2O3S.Na.H/c8-6-2-1-5(7(9)3-6)4-13(10,11)12;;/h1-3H,4H2,(H,10,11,12);;. The van der Waals surface area contributed by atoms with E-state index in [2.05, 4.69) is 0 Å². The van der Waals surface area contributed by atoms with E-state index in [0.29, 0.717) is 10.6 Å². The Morgan fingerprint density at radius 3 is 2.29 bits per heavy atom. The zero-order valence-corrected chi connectivity index (χ0v) is 8.70. The Balaban J connectivity index is 0.00000169. The van der Waals surface area contributed by atoms with Gasteiger partial charge in [-0.25, -0.2) is 0 Å². The summed E-state index contributed by atoms with van der Waals surface area (Å²) >= 11 is 11.3. The van der Waals surface area contributed by atoms with Gasteiger partial charge in [-0.05, 0) is 17.7 Å². The van der Waals surface area contributed by atoms with Crippen LogP contribution in [0.2, 0.25) is 10.0 Å². The minimum absolute atomic E-state index is 0. The molecule has 1 aromatic carbocycles. The third-order valence-electron chi connectivity index (χ3n) is 1.35. The van der Waals surface area contributed by atoms with Gasteiger partial charge in [0.25, 0.3) is 10.1 Å². The van der Waals surface area contributed by atoms with Gasteiger partial charge in [0.1, 0.15) is 5.75 Å². The number of hydrogen-bond donors (Lipinski definition) is 1. The van der Waals surface area contributed by atoms with Crippen molar-refractivity contribution in [3.05, 3.63) is 33.8 Å². The molecule has 1 rings (SSSR count). The summed E-state index contributed by atoms with van der Waals surface area (Å²) in [7, 11) is -4.04. The van der Waals surface area contributed by atoms with Crippen LogP contribution in [0.1, 0.15) is 5.56 Å². The predicted octanol–water partition coefficient (Wildman–Crippen LogP) is 1.73. The molecule has 0 atom stereocenters. The Labute approximate surface area is 114 Å². The molecule has 0 aliphatic heterocycles. The van der Waals surface area contributed by atoms with Gasteiger partial charge in [0.05, 0.1) is 0 Å². The Kier molecular flexibility index (Phi) is 5.99. The van der Waals surface area contributed by atoms with Crippen molar-refractivity contribution in [1.82, 2.24) is 0 Å². The van der Waals surface area contributed by atoms with Crippen molar-refractivity contribution in [2.45, 2.75) is 5.75 Å². The van der Waals surface area contributed by atoms with Crippen molar-refractivity contribution >= 4 is 62.9 Å². The monoisotopic (exact) mass is 264 g/mol. The molecule has 0 saturated carbocycles. The Morgan fingerprint density at radius 1 is 1.29 bits per heavy atom. The van der Waals surface area contributed by atoms with Gasteiger partial charge >= 0.3 is 29.6 Å². The summed E-state index contributed by atoms with van der Waals surface area (Å²) in [5, 5.41) is 0.647. The Morgan fingerprint density at radius 2 is 1.86 bits per heavy atom. The first-order valence-corrected chi connectivity index (χ1v) is 5.64. The molecule has 0 aromatic heterocycles. The van der Waals surface area contributed by atoms with E-state index in [1.807, 2.05) is 0 Å². The molecule has 74 valence electrons. The van der Waals surface area contributed by atoms with E-state index in [-0.39, 0.29) is 34.6 Å². The van der Waals surface area contributed by atoms with Gasteiger partial charge < -0.3 is 0 Å². The number of benzene rings is 1. The van der Waals surface area contributed by atoms with Crippen LogP contribution in [0.3, 0.4) is 0 Å². The first-order valence-electron chi connectivity index (χ1n) is 3.27. The van der Waals surface area contributed by atoms with E-state index in [0.717, 1.165) is 0 Å². The van der Waals surface area contributed by atoms with Crippen LogP contribution in [0.5, 0.6) is 0 Å². The zero-order chi connectivity index (χ0) is 10.1. The van der Waals surface area contributed by atoms with Crippen LogP contribution in [-0.2, 0) is 15.9 Å². The molecule has 3 nitrogen and oxygen atoms in total. The van der Waals surface area contributed by atoms with Crippen LogP contribution >= 0.6 is 23.2 Å². The van der Waals surface area contributed by atoms with E-state index in [1.54, 1.807) is 0 Å². The third kappa shape index (κ3) is 4.98. The number of halogens is 2. The molecule has 0 fully saturated rings. The van der Waals surface area contributed by atoms with Crippen LogP contribution in [-0.4, -0.2) is 42.5 Å². The van der Waals surface area contributed by atoms with Crippen molar-refractivity contribution in [2.75, 3.05) is 0 Å². The van der Waals surface area contributed by atoms with E-state index in [1.165, 1.54) is 18.2 Å². The minimum atomic E-state index is -4.04. The maximum absolute atomic E-state index is 10.5. The molecule has 14 heavy (non-hydrogen) atoms. The Hall–Kier alpha value is 0.710. The molecule has 0 spiro atoms. The van der Waals surface area contributed by atoms with Gasteiger partial charge in [-0.1, -0.05) is 29.3 Å². The van der Waals surface area contributed by atoms with Crippen molar-refractivity contribution < 1.29 is 13.0 Å². The first-order chi connectivity index (χ1) is 5.88. The van der Waals surface area contributed by atoms with Crippen molar-refractivity contribution in [1.29, 1.82) is 0 Å². The fourth-order valence-corrected chi connectivity index (χ4v) is 2.03. The topological polar surface area (TPSA) is 54.4 Å². The van der Waals surface area contributed by atoms with E-state index in [4.69, 9.17) is 27.8 Å². The third-order valence-corrected chi connectivity index (χ3v) is 2.62. The number of rotatable bonds is 2. The molecule has 0 aliphatic carbocycles. The fourth-order valence-electron chi connectivity index (χ4n) is 0.835. The van der Waals surface area contributed by atoms with Gasteiger partial charge in [0.2, 0.25) is 0 Å². The number of hydrogen-bond acceptors (Lipinski definition) is 2. The molecule has 0 heterocycles. The molecular formula is C7H7Cl2NaO3S. The summed E-state index contributed by atoms with van der Waals surface area (Å²) < 4.78 is 29.5. The zero-order valence-electron chi connectivity index (χ0n) is 6.37. The second-order valence-electron chi connectivity index (χ2n) is 2.46. The summed E-state index contributed by atoms with van der Waals surface area (Å²) in [5.74, 6) is -0.497. The molecular weight excluding hydrogens is 258 g/mol. The summed E-state index contributed by atoms with van der Waals surface area (Å²) in [5.41, 5.74) is 0.327. The van der Waals surface area contributed by atoms with Gasteiger partial charge in [-0.2, -0.15) is 8.42 Å². The summed E-state index contributed by atoms with van der Waals surface area (Å²) in [6.45, 7) is 0. The van der Waals surface area contributed by atoms with E-state index >= 15 is 0 Å². The second kappa shape index (κ2) is 5.70. The average Bonchev–Trinajstić information content (AvgIpc) is 1.93. The molecule has 7 heteroatoms. The average molecular weight is 265 g/mol. The van der Waals surface area contributed by atoms with Gasteiger partial charge in [0.15, 0.2) is 0 Å². The van der Waals surface area contributed by atoms with Crippen LogP contribution in [0.4, 0.5) is 0 Å². The molecule has 0 saturated heterocycles. The molecule has 0 amide bonds. The Bertz CT molecular complexity index is 419. The van der Waals surface area contributed by atoms with Crippen LogP contribution in [0.25, 0.3) is 0 Å². The first kappa shape index (κ1) is 14.7. The van der Waals surface area contributed by atoms with Crippen LogP contribution in [0.15, 0.2) is 18.2 Å². The predicted molar refractivity (Wildman–Crippen MR) is 58.9 cm³/mol. The van der Waals surface area contributed by atoms with Gasteiger partial charge in [-0.15, -0.1) is 0 Å². The SMILES string of the molecule is O=S(=O)(O)Cc1ccc(Cl)cc1Cl.[NaH]. The summed E-state index contributed by atoms with van der Waals surface area (Å²) in [6.07, 6.45) is 0. The van der Waals surface area contributed by atoms with E-state index in [9.17, 15) is 8.42 Å². The molecule has 0 aliphatic rings. The van der Waals surface area contributed by atoms with Gasteiger partial charge in [0, 0.05) is 10.0 Å². The van der Waals surface area contributed by atoms with E-state index < -0.39 is 15.9 Å². The fraction of sp³-hybridized carbons (Fsp3) is 0.143. The van der Waals surface area contributed by atoms with Crippen LogP contribution < -0.4 is 0 Å². The van der Waals surface area contributed by atoms with Crippen molar-refractivity contribution in [3.8, 4) is 0 Å². The quantitative estimate of drug-likeness (QED) is 0.654. The van der Waals surface area contributed by atoms with Gasteiger partial charge in [-0.3, -0.25) is 4.55 Å². The normalized spacial score (nSPS) is 10.8. The van der Waals surface area contributed by atoms with Crippen molar-refractivity contribution in [3.63, 3.8) is 0 Å². The summed E-state index contributed by atoms with van der Waals surface area (Å²) in [4.78, 5) is 0. The molecule has 0 bridgehead atoms. The maximum atomic E-state index is 10.5. The van der Waals surface area contributed by atoms with Crippen LogP contribution in [0, 0.1) is 0 Å². The summed E-state index contributed by atoms with van der Waals surface area (Å²) in [6, 6.07) is 4.38.